The third-order valence-corrected chi connectivity index (χ3v) is 8.37. The van der Waals surface area contributed by atoms with Gasteiger partial charge in [-0.05, 0) is 61.8 Å². The number of hydrogen-bond donors (Lipinski definition) is 3. The predicted molar refractivity (Wildman–Crippen MR) is 181 cm³/mol. The van der Waals surface area contributed by atoms with Crippen LogP contribution in [0.3, 0.4) is 0 Å². The summed E-state index contributed by atoms with van der Waals surface area (Å²) in [6, 6.07) is 15.3. The van der Waals surface area contributed by atoms with Gasteiger partial charge in [-0.1, -0.05) is 50.8 Å². The molecule has 1 amide bonds. The number of aliphatic imine (C=N–C) groups is 1. The zero-order chi connectivity index (χ0) is 32.4. The second-order valence-electron chi connectivity index (χ2n) is 12.6. The Labute approximate surface area is 267 Å². The van der Waals surface area contributed by atoms with Crippen molar-refractivity contribution in [3.05, 3.63) is 84.5 Å². The summed E-state index contributed by atoms with van der Waals surface area (Å²) in [6.07, 6.45) is 7.67. The molecule has 0 radical (unpaired) electrons. The molecule has 0 bridgehead atoms. The van der Waals surface area contributed by atoms with Crippen LogP contribution in [0, 0.1) is 5.92 Å². The number of amides is 1. The van der Waals surface area contributed by atoms with E-state index in [2.05, 4.69) is 55.3 Å². The Kier molecular flexibility index (Phi) is 8.59. The lowest BCUT2D eigenvalue weighted by molar-refractivity contribution is -0.114. The molecule has 46 heavy (non-hydrogen) atoms. The largest absolute Gasteiger partial charge is 0.350 e. The van der Waals surface area contributed by atoms with Crippen molar-refractivity contribution in [3.8, 4) is 11.3 Å². The standard InChI is InChI=1S/C35H38FN9O/c1-21(2)29-20-41-45-31(29)43-33(38-17-23-12-14-35(4,5)40-18-23)44-34(45)39-19-25-8-6-7-9-27(25)30-28-11-10-26(42-32(46)22(3)36)16-24(28)13-15-37-30/h6-11,13,15-17,20-21,23,40H,3,12,14,18-19H2,1-2,4-5H3,(H,42,46)(H,39,43,44)/b38-17+. The van der Waals surface area contributed by atoms with Crippen molar-refractivity contribution >= 4 is 46.1 Å². The zero-order valence-corrected chi connectivity index (χ0v) is 26.5. The molecule has 3 N–H and O–H groups in total. The molecule has 4 heterocycles. The van der Waals surface area contributed by atoms with E-state index >= 15 is 0 Å². The highest BCUT2D eigenvalue weighted by Gasteiger charge is 2.25. The molecule has 1 aliphatic heterocycles. The Bertz CT molecular complexity index is 1950. The molecule has 3 aromatic heterocycles. The molecule has 0 spiro atoms. The highest BCUT2D eigenvalue weighted by molar-refractivity contribution is 6.04. The van der Waals surface area contributed by atoms with E-state index < -0.39 is 11.7 Å². The third-order valence-electron chi connectivity index (χ3n) is 8.37. The number of carbonyl (C=O) groups excluding carboxylic acids is 1. The first-order valence-electron chi connectivity index (χ1n) is 15.5. The van der Waals surface area contributed by atoms with E-state index in [-0.39, 0.29) is 11.5 Å². The molecular weight excluding hydrogens is 581 g/mol. The second-order valence-corrected chi connectivity index (χ2v) is 12.6. The predicted octanol–water partition coefficient (Wildman–Crippen LogP) is 6.98. The lowest BCUT2D eigenvalue weighted by Crippen LogP contribution is -2.46. The minimum absolute atomic E-state index is 0.144. The first kappa shape index (κ1) is 31.0. The fourth-order valence-electron chi connectivity index (χ4n) is 5.66. The van der Waals surface area contributed by atoms with Crippen molar-refractivity contribution in [1.29, 1.82) is 0 Å². The number of nitrogens with zero attached hydrogens (tertiary/aromatic N) is 6. The van der Waals surface area contributed by atoms with Crippen LogP contribution in [0.2, 0.25) is 0 Å². The zero-order valence-electron chi connectivity index (χ0n) is 26.5. The van der Waals surface area contributed by atoms with Crippen LogP contribution in [0.5, 0.6) is 0 Å². The average Bonchev–Trinajstić information content (AvgIpc) is 3.47. The van der Waals surface area contributed by atoms with Crippen LogP contribution in [0.4, 0.5) is 22.0 Å². The Morgan fingerprint density at radius 1 is 1.22 bits per heavy atom. The number of fused-ring (bicyclic) bond motifs is 2. The van der Waals surface area contributed by atoms with Crippen molar-refractivity contribution in [1.82, 2.24) is 29.9 Å². The van der Waals surface area contributed by atoms with E-state index in [0.717, 1.165) is 58.2 Å². The molecule has 236 valence electrons. The van der Waals surface area contributed by atoms with Crippen LogP contribution < -0.4 is 16.0 Å². The molecule has 1 saturated heterocycles. The number of carbonyl (C=O) groups is 1. The van der Waals surface area contributed by atoms with E-state index in [4.69, 9.17) is 19.9 Å². The smallest absolute Gasteiger partial charge is 0.283 e. The average molecular weight is 620 g/mol. The topological polar surface area (TPSA) is 121 Å². The SMILES string of the molecule is C=C(F)C(=O)Nc1ccc2c(-c3ccccc3CNc3nc(/N=C/C4CCC(C)(C)NC4)nc4c(C(C)C)cnn34)nccc2c1. The van der Waals surface area contributed by atoms with E-state index in [9.17, 15) is 9.18 Å². The lowest BCUT2D eigenvalue weighted by Gasteiger charge is -2.34. The van der Waals surface area contributed by atoms with Crippen LogP contribution in [0.15, 0.2) is 78.3 Å². The van der Waals surface area contributed by atoms with Gasteiger partial charge in [-0.15, -0.1) is 0 Å². The Morgan fingerprint density at radius 2 is 2.04 bits per heavy atom. The summed E-state index contributed by atoms with van der Waals surface area (Å²) in [5.41, 5.74) is 5.09. The fraction of sp³-hybridized carbons (Fsp3) is 0.314. The summed E-state index contributed by atoms with van der Waals surface area (Å²) in [5.74, 6) is -0.435. The molecule has 5 aromatic rings. The van der Waals surface area contributed by atoms with E-state index in [1.54, 1.807) is 22.8 Å². The van der Waals surface area contributed by atoms with Gasteiger partial charge in [-0.2, -0.15) is 19.6 Å². The van der Waals surface area contributed by atoms with E-state index in [0.29, 0.717) is 30.0 Å². The molecule has 1 fully saturated rings. The molecule has 6 rings (SSSR count). The maximum Gasteiger partial charge on any atom is 0.283 e. The molecule has 2 aromatic carbocycles. The van der Waals surface area contributed by atoms with E-state index in [1.807, 2.05) is 48.8 Å². The van der Waals surface area contributed by atoms with Crippen molar-refractivity contribution < 1.29 is 9.18 Å². The van der Waals surface area contributed by atoms with Gasteiger partial charge in [-0.25, -0.2) is 9.38 Å². The summed E-state index contributed by atoms with van der Waals surface area (Å²) in [5, 5.41) is 16.0. The van der Waals surface area contributed by atoms with Gasteiger partial charge in [0, 0.05) is 59.2 Å². The Balaban J connectivity index is 1.30. The van der Waals surface area contributed by atoms with Crippen molar-refractivity contribution in [2.45, 2.75) is 58.5 Å². The van der Waals surface area contributed by atoms with Crippen LogP contribution in [-0.2, 0) is 11.3 Å². The first-order valence-corrected chi connectivity index (χ1v) is 15.5. The maximum absolute atomic E-state index is 13.3. The van der Waals surface area contributed by atoms with Gasteiger partial charge in [0.2, 0.25) is 5.95 Å². The van der Waals surface area contributed by atoms with Gasteiger partial charge in [0.15, 0.2) is 11.5 Å². The van der Waals surface area contributed by atoms with Gasteiger partial charge in [-0.3, -0.25) is 9.78 Å². The summed E-state index contributed by atoms with van der Waals surface area (Å²) in [4.78, 5) is 30.8. The van der Waals surface area contributed by atoms with Gasteiger partial charge < -0.3 is 16.0 Å². The normalized spacial score (nSPS) is 16.3. The summed E-state index contributed by atoms with van der Waals surface area (Å²) >= 11 is 0. The van der Waals surface area contributed by atoms with Crippen molar-refractivity contribution in [3.63, 3.8) is 0 Å². The Hall–Kier alpha value is -5.03. The number of piperidine rings is 1. The number of nitrogens with one attached hydrogen (secondary N) is 3. The van der Waals surface area contributed by atoms with Crippen molar-refractivity contribution in [2.75, 3.05) is 17.2 Å². The third kappa shape index (κ3) is 6.64. The lowest BCUT2D eigenvalue weighted by atomic mass is 9.88. The highest BCUT2D eigenvalue weighted by Crippen LogP contribution is 2.32. The molecule has 0 aliphatic carbocycles. The monoisotopic (exact) mass is 619 g/mol. The second kappa shape index (κ2) is 12.8. The number of halogens is 1. The molecule has 1 atom stereocenters. The number of aromatic nitrogens is 5. The van der Waals surface area contributed by atoms with Crippen LogP contribution >= 0.6 is 0 Å². The van der Waals surface area contributed by atoms with Gasteiger partial charge in [0.05, 0.1) is 11.9 Å². The van der Waals surface area contributed by atoms with Gasteiger partial charge in [0.1, 0.15) is 0 Å². The number of hydrogen-bond acceptors (Lipinski definition) is 8. The summed E-state index contributed by atoms with van der Waals surface area (Å²) in [6.45, 7) is 13.1. The molecule has 10 nitrogen and oxygen atoms in total. The fourth-order valence-corrected chi connectivity index (χ4v) is 5.66. The van der Waals surface area contributed by atoms with Crippen LogP contribution in [0.1, 0.15) is 57.6 Å². The summed E-state index contributed by atoms with van der Waals surface area (Å²) < 4.78 is 15.0. The van der Waals surface area contributed by atoms with Gasteiger partial charge >= 0.3 is 0 Å². The summed E-state index contributed by atoms with van der Waals surface area (Å²) in [7, 11) is 0. The quantitative estimate of drug-likeness (QED) is 0.120. The maximum atomic E-state index is 13.3. The highest BCUT2D eigenvalue weighted by atomic mass is 19.1. The van der Waals surface area contributed by atoms with Gasteiger partial charge in [0.25, 0.3) is 11.9 Å². The van der Waals surface area contributed by atoms with Crippen LogP contribution in [-0.4, -0.2) is 48.8 Å². The number of pyridine rings is 1. The minimum Gasteiger partial charge on any atom is -0.350 e. The minimum atomic E-state index is -1.04. The van der Waals surface area contributed by atoms with Crippen molar-refractivity contribution in [2.24, 2.45) is 10.9 Å². The molecule has 0 saturated carbocycles. The molecule has 11 heteroatoms. The Morgan fingerprint density at radius 3 is 2.80 bits per heavy atom. The molecular formula is C35H38FN9O. The van der Waals surface area contributed by atoms with Crippen LogP contribution in [0.25, 0.3) is 27.7 Å². The number of rotatable bonds is 9. The van der Waals surface area contributed by atoms with E-state index in [1.165, 1.54) is 0 Å². The number of anilines is 2. The first-order chi connectivity index (χ1) is 22.1. The number of benzene rings is 2. The molecule has 1 unspecified atom stereocenters. The molecule has 1 aliphatic rings.